The zero-order valence-corrected chi connectivity index (χ0v) is 13.0. The third-order valence-corrected chi connectivity index (χ3v) is 6.26. The maximum Gasteiger partial charge on any atom is 0.154 e. The number of benzene rings is 1. The van der Waals surface area contributed by atoms with Crippen molar-refractivity contribution >= 4 is 25.8 Å². The van der Waals surface area contributed by atoms with Gasteiger partial charge < -0.3 is 5.73 Å². The van der Waals surface area contributed by atoms with Crippen molar-refractivity contribution in [2.75, 3.05) is 6.26 Å². The van der Waals surface area contributed by atoms with Gasteiger partial charge in [-0.2, -0.15) is 0 Å². The lowest BCUT2D eigenvalue weighted by molar-refractivity contribution is 0.481. The van der Waals surface area contributed by atoms with Crippen molar-refractivity contribution in [2.24, 2.45) is 5.73 Å². The predicted molar refractivity (Wildman–Crippen MR) is 74.7 cm³/mol. The monoisotopic (exact) mass is 337 g/mol. The van der Waals surface area contributed by atoms with Crippen LogP contribution in [0.1, 0.15) is 19.4 Å². The lowest BCUT2D eigenvalue weighted by Crippen LogP contribution is -2.50. The van der Waals surface area contributed by atoms with Crippen molar-refractivity contribution in [3.8, 4) is 0 Å². The molecule has 1 rings (SSSR count). The molecule has 0 bridgehead atoms. The molecule has 0 aliphatic carbocycles. The van der Waals surface area contributed by atoms with E-state index in [1.807, 2.05) is 0 Å². The number of nitrogens with two attached hydrogens (primary N) is 1. The largest absolute Gasteiger partial charge is 0.326 e. The first-order chi connectivity index (χ1) is 8.05. The fraction of sp³-hybridized carbons (Fsp3) is 0.500. The average molecular weight is 338 g/mol. The lowest BCUT2D eigenvalue weighted by Gasteiger charge is -2.30. The highest BCUT2D eigenvalue weighted by Crippen LogP contribution is 2.25. The first-order valence-electron chi connectivity index (χ1n) is 5.45. The van der Waals surface area contributed by atoms with Crippen molar-refractivity contribution in [1.29, 1.82) is 0 Å². The summed E-state index contributed by atoms with van der Waals surface area (Å²) in [6, 6.07) is 3.72. The van der Waals surface area contributed by atoms with Crippen LogP contribution in [0, 0.1) is 5.82 Å². The Balaban J connectivity index is 2.98. The maximum atomic E-state index is 13.0. The molecular formula is C12H17BrFNO2S. The maximum absolute atomic E-state index is 13.0. The predicted octanol–water partition coefficient (Wildman–Crippen LogP) is 2.28. The van der Waals surface area contributed by atoms with Crippen molar-refractivity contribution in [3.63, 3.8) is 0 Å². The molecule has 18 heavy (non-hydrogen) atoms. The van der Waals surface area contributed by atoms with Gasteiger partial charge in [-0.1, -0.05) is 22.0 Å². The normalized spacial score (nSPS) is 14.6. The minimum absolute atomic E-state index is 0.346. The van der Waals surface area contributed by atoms with Gasteiger partial charge in [0, 0.05) is 16.8 Å². The molecule has 102 valence electrons. The number of hydrogen-bond acceptors (Lipinski definition) is 3. The minimum Gasteiger partial charge on any atom is -0.326 e. The van der Waals surface area contributed by atoms with Crippen molar-refractivity contribution in [3.05, 3.63) is 34.1 Å². The van der Waals surface area contributed by atoms with E-state index in [9.17, 15) is 12.8 Å². The van der Waals surface area contributed by atoms with Gasteiger partial charge in [-0.15, -0.1) is 0 Å². The summed E-state index contributed by atoms with van der Waals surface area (Å²) in [6.45, 7) is 3.20. The molecule has 1 atom stereocenters. The standard InChI is InChI=1S/C12H17BrFNO2S/c1-12(2,18(3,16)17)11(15)6-8-4-5-9(14)7-10(8)13/h4-5,7,11H,6,15H2,1-3H3. The summed E-state index contributed by atoms with van der Waals surface area (Å²) in [6.07, 6.45) is 1.54. The Labute approximate surface area is 116 Å². The Morgan fingerprint density at radius 1 is 1.44 bits per heavy atom. The lowest BCUT2D eigenvalue weighted by atomic mass is 9.96. The van der Waals surface area contributed by atoms with Gasteiger partial charge in [0.25, 0.3) is 0 Å². The van der Waals surface area contributed by atoms with E-state index in [1.165, 1.54) is 18.4 Å². The third-order valence-electron chi connectivity index (χ3n) is 3.30. The Kier molecular flexibility index (Phi) is 4.56. The van der Waals surface area contributed by atoms with Crippen LogP contribution in [0.4, 0.5) is 4.39 Å². The number of halogens is 2. The molecule has 0 heterocycles. The molecule has 0 radical (unpaired) electrons. The topological polar surface area (TPSA) is 60.2 Å². The highest BCUT2D eigenvalue weighted by molar-refractivity contribution is 9.10. The molecule has 0 fully saturated rings. The summed E-state index contributed by atoms with van der Waals surface area (Å²) < 4.78 is 35.9. The molecule has 1 aromatic carbocycles. The van der Waals surface area contributed by atoms with Crippen molar-refractivity contribution in [1.82, 2.24) is 0 Å². The van der Waals surface area contributed by atoms with Crippen LogP contribution < -0.4 is 5.73 Å². The van der Waals surface area contributed by atoms with E-state index in [4.69, 9.17) is 5.73 Å². The minimum atomic E-state index is -3.26. The number of rotatable bonds is 4. The van der Waals surface area contributed by atoms with E-state index in [2.05, 4.69) is 15.9 Å². The first-order valence-corrected chi connectivity index (χ1v) is 8.13. The highest BCUT2D eigenvalue weighted by atomic mass is 79.9. The summed E-state index contributed by atoms with van der Waals surface area (Å²) in [5, 5.41) is 0. The zero-order chi connectivity index (χ0) is 14.1. The molecule has 1 aromatic rings. The number of hydrogen-bond donors (Lipinski definition) is 1. The summed E-state index contributed by atoms with van der Waals surface area (Å²) >= 11 is 3.25. The molecule has 6 heteroatoms. The van der Waals surface area contributed by atoms with Crippen LogP contribution in [0.5, 0.6) is 0 Å². The summed E-state index contributed by atoms with van der Waals surface area (Å²) in [5.41, 5.74) is 6.78. The fourth-order valence-corrected chi connectivity index (χ4v) is 2.59. The molecule has 0 aliphatic heterocycles. The van der Waals surface area contributed by atoms with Gasteiger partial charge in [0.2, 0.25) is 0 Å². The SMILES string of the molecule is CC(C)(C(N)Cc1ccc(F)cc1Br)S(C)(=O)=O. The van der Waals surface area contributed by atoms with E-state index in [0.717, 1.165) is 5.56 Å². The average Bonchev–Trinajstić information content (AvgIpc) is 2.20. The Morgan fingerprint density at radius 2 is 2.00 bits per heavy atom. The van der Waals surface area contributed by atoms with Crippen LogP contribution in [-0.2, 0) is 16.3 Å². The van der Waals surface area contributed by atoms with Gasteiger partial charge in [-0.05, 0) is 38.0 Å². The second-order valence-corrected chi connectivity index (χ2v) is 8.37. The Morgan fingerprint density at radius 3 is 2.44 bits per heavy atom. The molecule has 0 saturated carbocycles. The van der Waals surface area contributed by atoms with Crippen molar-refractivity contribution in [2.45, 2.75) is 31.1 Å². The highest BCUT2D eigenvalue weighted by Gasteiger charge is 2.36. The molecule has 3 nitrogen and oxygen atoms in total. The van der Waals surface area contributed by atoms with Crippen LogP contribution in [0.25, 0.3) is 0 Å². The smallest absolute Gasteiger partial charge is 0.154 e. The van der Waals surface area contributed by atoms with Crippen LogP contribution in [0.15, 0.2) is 22.7 Å². The van der Waals surface area contributed by atoms with Gasteiger partial charge in [0.15, 0.2) is 9.84 Å². The van der Waals surface area contributed by atoms with Gasteiger partial charge in [0.05, 0.1) is 4.75 Å². The first kappa shape index (κ1) is 15.6. The molecular weight excluding hydrogens is 321 g/mol. The summed E-state index contributed by atoms with van der Waals surface area (Å²) in [7, 11) is -3.26. The van der Waals surface area contributed by atoms with E-state index >= 15 is 0 Å². The molecule has 0 aliphatic rings. The van der Waals surface area contributed by atoms with Crippen LogP contribution in [0.3, 0.4) is 0 Å². The molecule has 0 amide bonds. The Hall–Kier alpha value is -0.460. The van der Waals surface area contributed by atoms with Gasteiger partial charge in [-0.25, -0.2) is 12.8 Å². The van der Waals surface area contributed by atoms with Gasteiger partial charge in [0.1, 0.15) is 5.82 Å². The van der Waals surface area contributed by atoms with Crippen molar-refractivity contribution < 1.29 is 12.8 Å². The molecule has 1 unspecified atom stereocenters. The molecule has 2 N–H and O–H groups in total. The number of sulfone groups is 1. The summed E-state index contributed by atoms with van der Waals surface area (Å²) in [5.74, 6) is -0.346. The van der Waals surface area contributed by atoms with E-state index in [0.29, 0.717) is 10.9 Å². The van der Waals surface area contributed by atoms with Crippen LogP contribution in [-0.4, -0.2) is 25.5 Å². The fourth-order valence-electron chi connectivity index (χ4n) is 1.44. The quantitative estimate of drug-likeness (QED) is 0.916. The van der Waals surface area contributed by atoms with E-state index < -0.39 is 20.6 Å². The second kappa shape index (κ2) is 5.27. The van der Waals surface area contributed by atoms with E-state index in [1.54, 1.807) is 19.9 Å². The van der Waals surface area contributed by atoms with E-state index in [-0.39, 0.29) is 5.82 Å². The summed E-state index contributed by atoms with van der Waals surface area (Å²) in [4.78, 5) is 0. The van der Waals surface area contributed by atoms with Crippen LogP contribution >= 0.6 is 15.9 Å². The molecule has 0 spiro atoms. The van der Waals surface area contributed by atoms with Gasteiger partial charge >= 0.3 is 0 Å². The zero-order valence-electron chi connectivity index (χ0n) is 10.6. The molecule has 0 aromatic heterocycles. The van der Waals surface area contributed by atoms with Crippen LogP contribution in [0.2, 0.25) is 0 Å². The Bertz CT molecular complexity index is 543. The van der Waals surface area contributed by atoms with Gasteiger partial charge in [-0.3, -0.25) is 0 Å². The second-order valence-electron chi connectivity index (χ2n) is 4.92. The third kappa shape index (κ3) is 3.30. The molecule has 0 saturated heterocycles.